The van der Waals surface area contributed by atoms with E-state index in [0.717, 1.165) is 63.0 Å². The van der Waals surface area contributed by atoms with Crippen LogP contribution in [0.2, 0.25) is 0 Å². The van der Waals surface area contributed by atoms with Crippen molar-refractivity contribution in [2.75, 3.05) is 32.8 Å². The van der Waals surface area contributed by atoms with E-state index in [1.807, 2.05) is 49.2 Å². The molecule has 2 aliphatic heterocycles. The van der Waals surface area contributed by atoms with E-state index < -0.39 is 0 Å². The van der Waals surface area contributed by atoms with E-state index in [2.05, 4.69) is 16.9 Å². The summed E-state index contributed by atoms with van der Waals surface area (Å²) in [5, 5.41) is 4.36. The Balaban J connectivity index is 0.000000860. The summed E-state index contributed by atoms with van der Waals surface area (Å²) in [6.07, 6.45) is 9.35. The quantitative estimate of drug-likeness (QED) is 0.579. The van der Waals surface area contributed by atoms with Gasteiger partial charge in [0.15, 0.2) is 0 Å². The summed E-state index contributed by atoms with van der Waals surface area (Å²) in [5.74, 6) is 0.953. The molecule has 0 bridgehead atoms. The number of amides is 1. The van der Waals surface area contributed by atoms with Gasteiger partial charge in [0.25, 0.3) is 5.91 Å². The van der Waals surface area contributed by atoms with E-state index >= 15 is 0 Å². The second-order valence-electron chi connectivity index (χ2n) is 7.90. The number of hydrogen-bond donors (Lipinski definition) is 0. The van der Waals surface area contributed by atoms with E-state index in [4.69, 9.17) is 6.11 Å². The second-order valence-corrected chi connectivity index (χ2v) is 7.90. The van der Waals surface area contributed by atoms with Crippen molar-refractivity contribution < 1.29 is 10.9 Å². The molecule has 1 atom stereocenters. The maximum Gasteiger partial charge on any atom is 0.257 e. The third kappa shape index (κ3) is 6.57. The van der Waals surface area contributed by atoms with Gasteiger partial charge in [0, 0.05) is 33.2 Å². The molecule has 0 saturated carbocycles. The molecule has 1 unspecified atom stereocenters. The topological polar surface area (TPSA) is 50.6 Å². The summed E-state index contributed by atoms with van der Waals surface area (Å²) in [5.41, 5.74) is 1.58. The van der Waals surface area contributed by atoms with Crippen molar-refractivity contribution in [1.82, 2.24) is 19.6 Å². The third-order valence-electron chi connectivity index (χ3n) is 5.87. The standard InChI is InChI=1S/C22H30N4O2.C2H6.CH4/c1-18-6-4-13-24(18)14-5-15-28-21-9-7-20(8-10-21)26-17-19(16-23-26)22(27)25-11-2-3-12-25;1-2;/h7-10,16-18H,2-6,11-15H2,1H3;1-2H3;1H4/i;;1T. The highest BCUT2D eigenvalue weighted by Crippen LogP contribution is 2.19. The number of likely N-dealkylation sites (tertiary alicyclic amines) is 2. The molecule has 1 aromatic carbocycles. The van der Waals surface area contributed by atoms with Crippen molar-refractivity contribution in [3.05, 3.63) is 42.2 Å². The molecule has 2 aliphatic rings. The number of carbonyl (C=O) groups excluding carboxylic acids is 1. The molecule has 0 spiro atoms. The van der Waals surface area contributed by atoms with Crippen LogP contribution in [0.15, 0.2) is 36.7 Å². The maximum absolute atomic E-state index is 12.5. The lowest BCUT2D eigenvalue weighted by Gasteiger charge is -2.20. The Morgan fingerprint density at radius 3 is 2.52 bits per heavy atom. The van der Waals surface area contributed by atoms with Gasteiger partial charge in [-0.25, -0.2) is 4.68 Å². The highest BCUT2D eigenvalue weighted by Gasteiger charge is 2.21. The second kappa shape index (κ2) is 12.5. The summed E-state index contributed by atoms with van der Waals surface area (Å²) in [7, 11) is 1.25. The van der Waals surface area contributed by atoms with Gasteiger partial charge < -0.3 is 14.5 Å². The molecule has 2 saturated heterocycles. The fourth-order valence-electron chi connectivity index (χ4n) is 4.15. The number of nitrogens with zero attached hydrogens (tertiary/aromatic N) is 4. The Morgan fingerprint density at radius 1 is 1.16 bits per heavy atom. The molecule has 3 heterocycles. The van der Waals surface area contributed by atoms with Crippen molar-refractivity contribution >= 4 is 5.91 Å². The maximum atomic E-state index is 12.5. The first-order valence-corrected chi connectivity index (χ1v) is 11.5. The molecule has 172 valence electrons. The monoisotopic (exact) mass is 430 g/mol. The van der Waals surface area contributed by atoms with Gasteiger partial charge in [-0.15, -0.1) is 0 Å². The minimum atomic E-state index is 0.0797. The molecular weight excluding hydrogens is 388 g/mol. The highest BCUT2D eigenvalue weighted by molar-refractivity contribution is 5.94. The van der Waals surface area contributed by atoms with E-state index in [9.17, 15) is 4.79 Å². The van der Waals surface area contributed by atoms with Gasteiger partial charge in [0.05, 0.1) is 24.1 Å². The van der Waals surface area contributed by atoms with Crippen LogP contribution in [0.3, 0.4) is 0 Å². The zero-order valence-corrected chi connectivity index (χ0v) is 19.7. The number of carbonyl (C=O) groups is 1. The Kier molecular flexibility index (Phi) is 9.40. The van der Waals surface area contributed by atoms with Crippen molar-refractivity contribution in [2.24, 2.45) is 0 Å². The summed E-state index contributed by atoms with van der Waals surface area (Å²) in [6, 6.07) is 8.62. The van der Waals surface area contributed by atoms with Crippen molar-refractivity contribution in [3.8, 4) is 11.4 Å². The summed E-state index contributed by atoms with van der Waals surface area (Å²) in [6.45, 7) is 11.1. The van der Waals surface area contributed by atoms with Gasteiger partial charge >= 0.3 is 0 Å². The molecule has 2 aromatic rings. The number of benzene rings is 1. The number of aromatic nitrogens is 2. The van der Waals surface area contributed by atoms with Crippen LogP contribution in [0.1, 0.15) is 72.0 Å². The van der Waals surface area contributed by atoms with Crippen molar-refractivity contribution in [2.45, 2.75) is 66.3 Å². The van der Waals surface area contributed by atoms with Crippen LogP contribution in [-0.4, -0.2) is 64.3 Å². The van der Waals surface area contributed by atoms with Crippen LogP contribution in [0.4, 0.5) is 0 Å². The van der Waals surface area contributed by atoms with Crippen LogP contribution in [0.25, 0.3) is 5.69 Å². The fraction of sp³-hybridized carbons (Fsp3) is 0.600. The average Bonchev–Trinajstić information content (AvgIpc) is 3.62. The van der Waals surface area contributed by atoms with Crippen LogP contribution < -0.4 is 4.74 Å². The van der Waals surface area contributed by atoms with E-state index in [-0.39, 0.29) is 5.91 Å². The predicted octanol–water partition coefficient (Wildman–Crippen LogP) is 5.02. The Bertz CT molecular complexity index is 787. The molecule has 6 heteroatoms. The summed E-state index contributed by atoms with van der Waals surface area (Å²) in [4.78, 5) is 16.9. The third-order valence-corrected chi connectivity index (χ3v) is 5.87. The van der Waals surface area contributed by atoms with E-state index in [1.54, 1.807) is 10.9 Å². The molecule has 1 aromatic heterocycles. The van der Waals surface area contributed by atoms with E-state index in [0.29, 0.717) is 5.56 Å². The predicted molar refractivity (Wildman–Crippen MR) is 127 cm³/mol. The van der Waals surface area contributed by atoms with Crippen LogP contribution in [-0.2, 0) is 0 Å². The lowest BCUT2D eigenvalue weighted by Crippen LogP contribution is -2.28. The van der Waals surface area contributed by atoms with Gasteiger partial charge in [-0.1, -0.05) is 21.3 Å². The van der Waals surface area contributed by atoms with E-state index in [1.165, 1.54) is 26.8 Å². The number of rotatable bonds is 7. The summed E-state index contributed by atoms with van der Waals surface area (Å²) >= 11 is 0. The first-order valence-electron chi connectivity index (χ1n) is 12.5. The zero-order valence-electron chi connectivity index (χ0n) is 20.7. The van der Waals surface area contributed by atoms with Gasteiger partial charge in [0.2, 0.25) is 0 Å². The number of ether oxygens (including phenoxy) is 1. The minimum Gasteiger partial charge on any atom is -0.494 e. The average molecular weight is 431 g/mol. The van der Waals surface area contributed by atoms with Gasteiger partial charge in [0.1, 0.15) is 5.75 Å². The molecular formula is C25H40N4O2. The van der Waals surface area contributed by atoms with Crippen LogP contribution >= 0.6 is 0 Å². The molecule has 6 nitrogen and oxygen atoms in total. The lowest BCUT2D eigenvalue weighted by atomic mass is 10.2. The van der Waals surface area contributed by atoms with Crippen molar-refractivity contribution in [3.63, 3.8) is 0 Å². The minimum absolute atomic E-state index is 0.0797. The Morgan fingerprint density at radius 2 is 1.87 bits per heavy atom. The first kappa shape index (κ1) is 23.3. The first-order chi connectivity index (χ1) is 15.7. The van der Waals surface area contributed by atoms with Gasteiger partial charge in [-0.05, 0) is 69.8 Å². The molecule has 0 aliphatic carbocycles. The largest absolute Gasteiger partial charge is 0.494 e. The Hall–Kier alpha value is -2.34. The van der Waals surface area contributed by atoms with Crippen LogP contribution in [0, 0.1) is 0 Å². The molecule has 31 heavy (non-hydrogen) atoms. The Labute approximate surface area is 189 Å². The number of hydrogen-bond acceptors (Lipinski definition) is 4. The molecule has 2 fully saturated rings. The molecule has 1 amide bonds. The summed E-state index contributed by atoms with van der Waals surface area (Å²) < 4.78 is 13.4. The zero-order chi connectivity index (χ0) is 23.3. The SMILES string of the molecule is CC.CC1CCCN1CCCOc1ccc(-n2cc(C(=O)N3CCCC3)cn2)cc1.[3H]C. The molecule has 0 radical (unpaired) electrons. The lowest BCUT2D eigenvalue weighted by molar-refractivity contribution is 0.0793. The van der Waals surface area contributed by atoms with Gasteiger partial charge in [-0.2, -0.15) is 5.10 Å². The fourth-order valence-corrected chi connectivity index (χ4v) is 4.15. The molecule has 4 rings (SSSR count). The highest BCUT2D eigenvalue weighted by atomic mass is 16.5. The molecule has 0 N–H and O–H groups in total. The van der Waals surface area contributed by atoms with Crippen LogP contribution in [0.5, 0.6) is 5.75 Å². The normalized spacial score (nSPS) is 18.5. The van der Waals surface area contributed by atoms with Crippen molar-refractivity contribution in [1.29, 1.82) is 0 Å². The van der Waals surface area contributed by atoms with Gasteiger partial charge in [-0.3, -0.25) is 4.79 Å². The smallest absolute Gasteiger partial charge is 0.257 e.